The Kier molecular flexibility index (Phi) is 3.97. The summed E-state index contributed by atoms with van der Waals surface area (Å²) in [6, 6.07) is 7.55. The predicted molar refractivity (Wildman–Crippen MR) is 74.3 cm³/mol. The van der Waals surface area contributed by atoms with E-state index in [1.165, 1.54) is 6.20 Å². The number of rotatable bonds is 2. The summed E-state index contributed by atoms with van der Waals surface area (Å²) in [5, 5.41) is 2.99. The Morgan fingerprint density at radius 1 is 1.17 bits per heavy atom. The second-order valence-electron chi connectivity index (χ2n) is 4.57. The van der Waals surface area contributed by atoms with Gasteiger partial charge in [-0.1, -0.05) is 22.9 Å². The van der Waals surface area contributed by atoms with Gasteiger partial charge in [0.1, 0.15) is 0 Å². The van der Waals surface area contributed by atoms with Gasteiger partial charge >= 0.3 is 0 Å². The first-order valence-electron chi connectivity index (χ1n) is 5.85. The standard InChI is InChI=1S/C14H14BrNO2/c1-9-6-13(17)12(14(18)7-9)8-16-11-4-2-10(15)3-5-11/h2-5,8-9,16H,6-7H2,1H3. The molecule has 0 amide bonds. The molecule has 0 aromatic heterocycles. The van der Waals surface area contributed by atoms with E-state index in [-0.39, 0.29) is 23.1 Å². The van der Waals surface area contributed by atoms with E-state index in [1.807, 2.05) is 31.2 Å². The van der Waals surface area contributed by atoms with Gasteiger partial charge in [-0.3, -0.25) is 9.59 Å². The van der Waals surface area contributed by atoms with Crippen molar-refractivity contribution in [3.8, 4) is 0 Å². The molecule has 1 aromatic rings. The molecule has 1 fully saturated rings. The molecular weight excluding hydrogens is 294 g/mol. The van der Waals surface area contributed by atoms with Crippen LogP contribution in [0.25, 0.3) is 0 Å². The molecule has 1 aliphatic rings. The van der Waals surface area contributed by atoms with Crippen LogP contribution in [0.1, 0.15) is 19.8 Å². The van der Waals surface area contributed by atoms with Gasteiger partial charge in [0, 0.05) is 29.2 Å². The lowest BCUT2D eigenvalue weighted by molar-refractivity contribution is -0.125. The second kappa shape index (κ2) is 5.48. The van der Waals surface area contributed by atoms with Crippen LogP contribution in [0.5, 0.6) is 0 Å². The lowest BCUT2D eigenvalue weighted by Gasteiger charge is -2.17. The lowest BCUT2D eigenvalue weighted by Crippen LogP contribution is -2.24. The van der Waals surface area contributed by atoms with Gasteiger partial charge in [-0.15, -0.1) is 0 Å². The molecule has 0 aliphatic heterocycles. The van der Waals surface area contributed by atoms with Crippen molar-refractivity contribution >= 4 is 33.2 Å². The van der Waals surface area contributed by atoms with E-state index in [2.05, 4.69) is 21.2 Å². The predicted octanol–water partition coefficient (Wildman–Crippen LogP) is 3.31. The molecular formula is C14H14BrNO2. The third-order valence-corrected chi connectivity index (χ3v) is 3.42. The molecule has 18 heavy (non-hydrogen) atoms. The summed E-state index contributed by atoms with van der Waals surface area (Å²) in [4.78, 5) is 23.5. The van der Waals surface area contributed by atoms with E-state index >= 15 is 0 Å². The fourth-order valence-corrected chi connectivity index (χ4v) is 2.21. The number of benzene rings is 1. The quantitative estimate of drug-likeness (QED) is 0.673. The minimum atomic E-state index is -0.0663. The highest BCUT2D eigenvalue weighted by molar-refractivity contribution is 9.10. The summed E-state index contributed by atoms with van der Waals surface area (Å²) in [6.07, 6.45) is 2.44. The summed E-state index contributed by atoms with van der Waals surface area (Å²) in [6.45, 7) is 1.93. The van der Waals surface area contributed by atoms with Crippen molar-refractivity contribution in [2.45, 2.75) is 19.8 Å². The molecule has 0 saturated heterocycles. The Morgan fingerprint density at radius 2 is 1.72 bits per heavy atom. The number of allylic oxidation sites excluding steroid dienone is 1. The van der Waals surface area contributed by atoms with Crippen molar-refractivity contribution in [2.24, 2.45) is 5.92 Å². The third-order valence-electron chi connectivity index (χ3n) is 2.90. The van der Waals surface area contributed by atoms with E-state index in [4.69, 9.17) is 0 Å². The highest BCUT2D eigenvalue weighted by atomic mass is 79.9. The van der Waals surface area contributed by atoms with Crippen LogP contribution in [-0.2, 0) is 9.59 Å². The SMILES string of the molecule is CC1CC(=O)C(=CNc2ccc(Br)cc2)C(=O)C1. The van der Waals surface area contributed by atoms with E-state index in [9.17, 15) is 9.59 Å². The minimum Gasteiger partial charge on any atom is -0.361 e. The molecule has 0 heterocycles. The van der Waals surface area contributed by atoms with Gasteiger partial charge < -0.3 is 5.32 Å². The molecule has 1 N–H and O–H groups in total. The molecule has 0 bridgehead atoms. The summed E-state index contributed by atoms with van der Waals surface area (Å²) in [5.41, 5.74) is 1.14. The van der Waals surface area contributed by atoms with Crippen LogP contribution in [0.15, 0.2) is 40.5 Å². The molecule has 2 rings (SSSR count). The number of hydrogen-bond acceptors (Lipinski definition) is 3. The molecule has 0 atom stereocenters. The maximum Gasteiger partial charge on any atom is 0.168 e. The summed E-state index contributed by atoms with van der Waals surface area (Å²) < 4.78 is 0.986. The zero-order valence-corrected chi connectivity index (χ0v) is 11.7. The number of carbonyl (C=O) groups excluding carboxylic acids is 2. The number of Topliss-reactive ketones (excluding diaryl/α,β-unsaturated/α-hetero) is 2. The summed E-state index contributed by atoms with van der Waals surface area (Å²) in [7, 11) is 0. The van der Waals surface area contributed by atoms with Gasteiger partial charge in [0.25, 0.3) is 0 Å². The maximum absolute atomic E-state index is 11.8. The van der Waals surface area contributed by atoms with E-state index in [1.54, 1.807) is 0 Å². The Balaban J connectivity index is 2.11. The largest absolute Gasteiger partial charge is 0.361 e. The van der Waals surface area contributed by atoms with Crippen molar-refractivity contribution < 1.29 is 9.59 Å². The number of halogens is 1. The van der Waals surface area contributed by atoms with Crippen molar-refractivity contribution in [3.05, 3.63) is 40.5 Å². The van der Waals surface area contributed by atoms with Crippen LogP contribution in [0.3, 0.4) is 0 Å². The number of nitrogens with one attached hydrogen (secondary N) is 1. The van der Waals surface area contributed by atoms with Crippen molar-refractivity contribution in [3.63, 3.8) is 0 Å². The van der Waals surface area contributed by atoms with Crippen LogP contribution < -0.4 is 5.32 Å². The van der Waals surface area contributed by atoms with Gasteiger partial charge in [-0.25, -0.2) is 0 Å². The van der Waals surface area contributed by atoms with Gasteiger partial charge in [-0.2, -0.15) is 0 Å². The van der Waals surface area contributed by atoms with E-state index < -0.39 is 0 Å². The summed E-state index contributed by atoms with van der Waals surface area (Å²) in [5.74, 6) is 0.0292. The summed E-state index contributed by atoms with van der Waals surface area (Å²) >= 11 is 3.35. The number of hydrogen-bond donors (Lipinski definition) is 1. The van der Waals surface area contributed by atoms with Crippen LogP contribution in [0, 0.1) is 5.92 Å². The molecule has 0 spiro atoms. The highest BCUT2D eigenvalue weighted by Crippen LogP contribution is 2.22. The fraction of sp³-hybridized carbons (Fsp3) is 0.286. The van der Waals surface area contributed by atoms with Gasteiger partial charge in [0.15, 0.2) is 11.6 Å². The van der Waals surface area contributed by atoms with Crippen LogP contribution >= 0.6 is 15.9 Å². The Labute approximate surface area is 114 Å². The zero-order chi connectivity index (χ0) is 13.1. The molecule has 1 aliphatic carbocycles. The molecule has 0 unspecified atom stereocenters. The molecule has 4 heteroatoms. The monoisotopic (exact) mass is 307 g/mol. The topological polar surface area (TPSA) is 46.2 Å². The van der Waals surface area contributed by atoms with Gasteiger partial charge in [0.05, 0.1) is 5.57 Å². The first-order valence-corrected chi connectivity index (χ1v) is 6.64. The molecule has 3 nitrogen and oxygen atoms in total. The smallest absolute Gasteiger partial charge is 0.168 e. The van der Waals surface area contributed by atoms with Crippen LogP contribution in [0.2, 0.25) is 0 Å². The lowest BCUT2D eigenvalue weighted by atomic mass is 9.85. The number of carbonyl (C=O) groups is 2. The van der Waals surface area contributed by atoms with Crippen molar-refractivity contribution in [1.29, 1.82) is 0 Å². The Bertz CT molecular complexity index is 485. The highest BCUT2D eigenvalue weighted by Gasteiger charge is 2.27. The van der Waals surface area contributed by atoms with Gasteiger partial charge in [-0.05, 0) is 30.2 Å². The van der Waals surface area contributed by atoms with Crippen LogP contribution in [-0.4, -0.2) is 11.6 Å². The fourth-order valence-electron chi connectivity index (χ4n) is 1.94. The molecule has 94 valence electrons. The van der Waals surface area contributed by atoms with E-state index in [0.29, 0.717) is 12.8 Å². The van der Waals surface area contributed by atoms with Gasteiger partial charge in [0.2, 0.25) is 0 Å². The molecule has 1 aromatic carbocycles. The average Bonchev–Trinajstić information content (AvgIpc) is 2.30. The first kappa shape index (κ1) is 13.0. The maximum atomic E-state index is 11.8. The molecule has 0 radical (unpaired) electrons. The Morgan fingerprint density at radius 3 is 2.28 bits per heavy atom. The van der Waals surface area contributed by atoms with E-state index in [0.717, 1.165) is 10.2 Å². The number of anilines is 1. The normalized spacial score (nSPS) is 19.9. The third kappa shape index (κ3) is 3.07. The minimum absolute atomic E-state index is 0.0663. The second-order valence-corrected chi connectivity index (χ2v) is 5.48. The molecule has 1 saturated carbocycles. The van der Waals surface area contributed by atoms with Crippen LogP contribution in [0.4, 0.5) is 5.69 Å². The number of ketones is 2. The average molecular weight is 308 g/mol. The zero-order valence-electron chi connectivity index (χ0n) is 10.1. The first-order chi connectivity index (χ1) is 8.56. The van der Waals surface area contributed by atoms with Crippen molar-refractivity contribution in [1.82, 2.24) is 0 Å². The van der Waals surface area contributed by atoms with Crippen molar-refractivity contribution in [2.75, 3.05) is 5.32 Å². The Hall–Kier alpha value is -1.42.